The molecule has 2 aromatic carbocycles. The zero-order valence-electron chi connectivity index (χ0n) is 11.9. The Morgan fingerprint density at radius 2 is 1.90 bits per heavy atom. The van der Waals surface area contributed by atoms with Crippen LogP contribution in [0, 0.1) is 6.92 Å². The molecule has 0 aliphatic carbocycles. The molecule has 3 aromatic rings. The van der Waals surface area contributed by atoms with E-state index in [1.165, 1.54) is 10.5 Å². The first-order chi connectivity index (χ1) is 10.2. The zero-order chi connectivity index (χ0) is 14.8. The Hall–Kier alpha value is -1.58. The number of aryl methyl sites for hydroxylation is 1. The number of thioether (sulfide) groups is 1. The van der Waals surface area contributed by atoms with Crippen LogP contribution in [0.3, 0.4) is 0 Å². The summed E-state index contributed by atoms with van der Waals surface area (Å²) in [6, 6.07) is 14.2. The van der Waals surface area contributed by atoms with E-state index in [1.807, 2.05) is 36.4 Å². The molecule has 0 radical (unpaired) electrons. The lowest BCUT2D eigenvalue weighted by Gasteiger charge is -2.09. The highest BCUT2D eigenvalue weighted by Crippen LogP contribution is 2.31. The van der Waals surface area contributed by atoms with E-state index in [2.05, 4.69) is 24.9 Å². The van der Waals surface area contributed by atoms with Gasteiger partial charge in [0.1, 0.15) is 5.15 Å². The van der Waals surface area contributed by atoms with Gasteiger partial charge in [0.2, 0.25) is 0 Å². The van der Waals surface area contributed by atoms with Crippen LogP contribution >= 0.6 is 23.4 Å². The highest BCUT2D eigenvalue weighted by atomic mass is 35.5. The van der Waals surface area contributed by atoms with Crippen molar-refractivity contribution in [1.29, 1.82) is 0 Å². The summed E-state index contributed by atoms with van der Waals surface area (Å²) < 4.78 is 0. The van der Waals surface area contributed by atoms with Crippen molar-refractivity contribution < 1.29 is 0 Å². The van der Waals surface area contributed by atoms with Gasteiger partial charge in [0.15, 0.2) is 5.82 Å². The molecule has 0 atom stereocenters. The maximum absolute atomic E-state index is 6.34. The number of halogens is 1. The van der Waals surface area contributed by atoms with Crippen molar-refractivity contribution in [2.45, 2.75) is 18.7 Å². The molecule has 0 saturated heterocycles. The van der Waals surface area contributed by atoms with E-state index in [0.717, 1.165) is 22.2 Å². The van der Waals surface area contributed by atoms with Gasteiger partial charge in [-0.1, -0.05) is 42.8 Å². The second-order valence-corrected chi connectivity index (χ2v) is 6.45. The lowest BCUT2D eigenvalue weighted by Crippen LogP contribution is -1.94. The predicted octanol–water partition coefficient (Wildman–Crippen LogP) is 5.37. The Morgan fingerprint density at radius 1 is 1.10 bits per heavy atom. The average Bonchev–Trinajstić information content (AvgIpc) is 2.47. The summed E-state index contributed by atoms with van der Waals surface area (Å²) in [6.45, 7) is 4.19. The van der Waals surface area contributed by atoms with Crippen LogP contribution in [-0.4, -0.2) is 15.7 Å². The molecule has 106 valence electrons. The van der Waals surface area contributed by atoms with Crippen LogP contribution in [0.1, 0.15) is 12.5 Å². The van der Waals surface area contributed by atoms with Crippen LogP contribution in [0.4, 0.5) is 0 Å². The van der Waals surface area contributed by atoms with E-state index in [9.17, 15) is 0 Å². The molecule has 0 spiro atoms. The third-order valence-electron chi connectivity index (χ3n) is 3.23. The lowest BCUT2D eigenvalue weighted by molar-refractivity contribution is 1.20. The molecular weight excluding hydrogens is 300 g/mol. The molecular formula is C17H15ClN2S. The Bertz CT molecular complexity index is 802. The van der Waals surface area contributed by atoms with E-state index >= 15 is 0 Å². The van der Waals surface area contributed by atoms with Gasteiger partial charge in [-0.3, -0.25) is 0 Å². The van der Waals surface area contributed by atoms with Crippen molar-refractivity contribution in [3.8, 4) is 11.4 Å². The standard InChI is InChI=1S/C17H15ClN2S/c1-3-21-15-7-5-4-6-13(15)17-19-14-10-11(2)8-9-12(14)16(18)20-17/h4-10H,3H2,1-2H3. The van der Waals surface area contributed by atoms with Crippen molar-refractivity contribution in [3.05, 3.63) is 53.2 Å². The lowest BCUT2D eigenvalue weighted by atomic mass is 10.1. The molecule has 0 unspecified atom stereocenters. The number of hydrogen-bond donors (Lipinski definition) is 0. The van der Waals surface area contributed by atoms with Gasteiger partial charge >= 0.3 is 0 Å². The van der Waals surface area contributed by atoms with Crippen LogP contribution in [0.25, 0.3) is 22.3 Å². The van der Waals surface area contributed by atoms with Gasteiger partial charge < -0.3 is 0 Å². The van der Waals surface area contributed by atoms with Gasteiger partial charge in [-0.25, -0.2) is 9.97 Å². The summed E-state index contributed by atoms with van der Waals surface area (Å²) in [5, 5.41) is 1.40. The molecule has 0 saturated carbocycles. The van der Waals surface area contributed by atoms with E-state index in [4.69, 9.17) is 16.6 Å². The molecule has 0 aliphatic rings. The summed E-state index contributed by atoms with van der Waals surface area (Å²) in [7, 11) is 0. The fraction of sp³-hybridized carbons (Fsp3) is 0.176. The van der Waals surface area contributed by atoms with Gasteiger partial charge in [0, 0.05) is 15.8 Å². The molecule has 1 heterocycles. The van der Waals surface area contributed by atoms with E-state index in [0.29, 0.717) is 11.0 Å². The number of hydrogen-bond acceptors (Lipinski definition) is 3. The molecule has 0 aliphatic heterocycles. The maximum Gasteiger partial charge on any atom is 0.162 e. The molecule has 3 rings (SSSR count). The maximum atomic E-state index is 6.34. The third kappa shape index (κ3) is 2.89. The quantitative estimate of drug-likeness (QED) is 0.480. The summed E-state index contributed by atoms with van der Waals surface area (Å²) in [4.78, 5) is 10.4. The van der Waals surface area contributed by atoms with Gasteiger partial charge in [0.05, 0.1) is 5.52 Å². The normalized spacial score (nSPS) is 11.0. The first-order valence-electron chi connectivity index (χ1n) is 6.85. The van der Waals surface area contributed by atoms with Gasteiger partial charge in [-0.15, -0.1) is 11.8 Å². The molecule has 0 N–H and O–H groups in total. The highest BCUT2D eigenvalue weighted by Gasteiger charge is 2.11. The summed E-state index contributed by atoms with van der Waals surface area (Å²) in [5.74, 6) is 1.70. The molecule has 0 amide bonds. The molecule has 1 aromatic heterocycles. The Labute approximate surface area is 133 Å². The number of rotatable bonds is 3. The molecule has 21 heavy (non-hydrogen) atoms. The first kappa shape index (κ1) is 14.4. The number of fused-ring (bicyclic) bond motifs is 1. The topological polar surface area (TPSA) is 25.8 Å². The minimum absolute atomic E-state index is 0.506. The Morgan fingerprint density at radius 3 is 2.71 bits per heavy atom. The predicted molar refractivity (Wildman–Crippen MR) is 91.1 cm³/mol. The summed E-state index contributed by atoms with van der Waals surface area (Å²) >= 11 is 8.12. The minimum Gasteiger partial charge on any atom is -0.228 e. The molecule has 4 heteroatoms. The van der Waals surface area contributed by atoms with E-state index < -0.39 is 0 Å². The fourth-order valence-electron chi connectivity index (χ4n) is 2.25. The van der Waals surface area contributed by atoms with Crippen molar-refractivity contribution in [2.75, 3.05) is 5.75 Å². The van der Waals surface area contributed by atoms with Gasteiger partial charge in [-0.05, 0) is 36.4 Å². The molecule has 0 bridgehead atoms. The minimum atomic E-state index is 0.506. The molecule has 0 fully saturated rings. The second kappa shape index (κ2) is 6.04. The third-order valence-corrected chi connectivity index (χ3v) is 4.48. The van der Waals surface area contributed by atoms with Crippen LogP contribution in [0.2, 0.25) is 5.15 Å². The first-order valence-corrected chi connectivity index (χ1v) is 8.21. The van der Waals surface area contributed by atoms with Crippen molar-refractivity contribution >= 4 is 34.3 Å². The van der Waals surface area contributed by atoms with E-state index in [1.54, 1.807) is 11.8 Å². The average molecular weight is 315 g/mol. The SMILES string of the molecule is CCSc1ccccc1-c1nc(Cl)c2ccc(C)cc2n1. The fourth-order valence-corrected chi connectivity index (χ4v) is 3.29. The van der Waals surface area contributed by atoms with Crippen LogP contribution in [0.5, 0.6) is 0 Å². The second-order valence-electron chi connectivity index (χ2n) is 4.79. The number of benzene rings is 2. The number of nitrogens with zero attached hydrogens (tertiary/aromatic N) is 2. The zero-order valence-corrected chi connectivity index (χ0v) is 13.5. The monoisotopic (exact) mass is 314 g/mol. The Balaban J connectivity index is 2.21. The Kier molecular flexibility index (Phi) is 4.13. The van der Waals surface area contributed by atoms with Crippen molar-refractivity contribution in [3.63, 3.8) is 0 Å². The number of aromatic nitrogens is 2. The summed E-state index contributed by atoms with van der Waals surface area (Å²) in [5.41, 5.74) is 3.09. The van der Waals surface area contributed by atoms with Crippen LogP contribution in [-0.2, 0) is 0 Å². The summed E-state index contributed by atoms with van der Waals surface area (Å²) in [6.07, 6.45) is 0. The van der Waals surface area contributed by atoms with Gasteiger partial charge in [-0.2, -0.15) is 0 Å². The largest absolute Gasteiger partial charge is 0.228 e. The van der Waals surface area contributed by atoms with Crippen LogP contribution < -0.4 is 0 Å². The molecule has 2 nitrogen and oxygen atoms in total. The van der Waals surface area contributed by atoms with Crippen molar-refractivity contribution in [2.24, 2.45) is 0 Å². The van der Waals surface area contributed by atoms with Gasteiger partial charge in [0.25, 0.3) is 0 Å². The smallest absolute Gasteiger partial charge is 0.162 e. The van der Waals surface area contributed by atoms with E-state index in [-0.39, 0.29) is 0 Å². The highest BCUT2D eigenvalue weighted by molar-refractivity contribution is 7.99. The van der Waals surface area contributed by atoms with Crippen molar-refractivity contribution in [1.82, 2.24) is 9.97 Å². The van der Waals surface area contributed by atoms with Crippen LogP contribution in [0.15, 0.2) is 47.4 Å².